The molecule has 1 aromatic rings. The Kier molecular flexibility index (Phi) is 4.81. The van der Waals surface area contributed by atoms with Gasteiger partial charge in [0.2, 0.25) is 5.91 Å². The number of aliphatic carboxylic acids is 1. The molecule has 2 fully saturated rings. The van der Waals surface area contributed by atoms with E-state index in [1.165, 1.54) is 4.88 Å². The van der Waals surface area contributed by atoms with Crippen LogP contribution in [0.5, 0.6) is 0 Å². The number of hydrogen-bond donors (Lipinski definition) is 1. The van der Waals surface area contributed by atoms with Gasteiger partial charge >= 0.3 is 5.97 Å². The zero-order valence-electron chi connectivity index (χ0n) is 11.4. The number of amides is 1. The molecule has 0 bridgehead atoms. The number of carbonyl (C=O) groups is 2. The van der Waals surface area contributed by atoms with Crippen molar-refractivity contribution in [2.75, 3.05) is 11.5 Å². The van der Waals surface area contributed by atoms with Crippen LogP contribution in [0, 0.1) is 5.92 Å². The molecule has 0 radical (unpaired) electrons. The lowest BCUT2D eigenvalue weighted by molar-refractivity contribution is -0.148. The Bertz CT molecular complexity index is 516. The van der Waals surface area contributed by atoms with Gasteiger partial charge in [0.15, 0.2) is 0 Å². The number of carbonyl (C=O) groups excluding carboxylic acids is 1. The van der Waals surface area contributed by atoms with E-state index in [-0.39, 0.29) is 11.3 Å². The Balaban J connectivity index is 1.58. The number of rotatable bonds is 6. The Morgan fingerprint density at radius 2 is 2.24 bits per heavy atom. The summed E-state index contributed by atoms with van der Waals surface area (Å²) in [6.45, 7) is 0. The van der Waals surface area contributed by atoms with E-state index < -0.39 is 12.0 Å². The van der Waals surface area contributed by atoms with Gasteiger partial charge < -0.3 is 10.0 Å². The molecule has 1 N–H and O–H groups in total. The second-order valence-corrected chi connectivity index (χ2v) is 8.46. The molecule has 21 heavy (non-hydrogen) atoms. The highest BCUT2D eigenvalue weighted by Crippen LogP contribution is 2.45. The van der Waals surface area contributed by atoms with Crippen LogP contribution in [0.15, 0.2) is 17.5 Å². The van der Waals surface area contributed by atoms with Crippen molar-refractivity contribution in [3.63, 3.8) is 0 Å². The molecule has 4 nitrogen and oxygen atoms in total. The molecule has 2 unspecified atom stereocenters. The van der Waals surface area contributed by atoms with Crippen LogP contribution in [-0.2, 0) is 15.3 Å². The van der Waals surface area contributed by atoms with Gasteiger partial charge in [0, 0.05) is 16.4 Å². The van der Waals surface area contributed by atoms with Crippen LogP contribution >= 0.6 is 34.9 Å². The van der Waals surface area contributed by atoms with Crippen LogP contribution in [-0.4, -0.2) is 44.8 Å². The van der Waals surface area contributed by atoms with Gasteiger partial charge in [0.25, 0.3) is 0 Å². The second-order valence-electron chi connectivity index (χ2n) is 5.29. The first-order valence-corrected chi connectivity index (χ1v) is 10.0. The fourth-order valence-corrected chi connectivity index (χ4v) is 5.87. The lowest BCUT2D eigenvalue weighted by Crippen LogP contribution is -2.47. The van der Waals surface area contributed by atoms with Crippen molar-refractivity contribution < 1.29 is 14.7 Å². The number of nitrogens with zero attached hydrogens (tertiary/aromatic N) is 1. The molecule has 1 aromatic heterocycles. The predicted molar refractivity (Wildman–Crippen MR) is 87.7 cm³/mol. The molecule has 0 spiro atoms. The first-order valence-electron chi connectivity index (χ1n) is 6.92. The Morgan fingerprint density at radius 1 is 1.43 bits per heavy atom. The normalized spacial score (nSPS) is 25.2. The lowest BCUT2D eigenvalue weighted by atomic mass is 10.2. The Morgan fingerprint density at radius 3 is 2.86 bits per heavy atom. The van der Waals surface area contributed by atoms with Crippen molar-refractivity contribution in [2.24, 2.45) is 5.92 Å². The number of thiophene rings is 1. The molecule has 7 heteroatoms. The zero-order chi connectivity index (χ0) is 14.8. The van der Waals surface area contributed by atoms with E-state index in [9.17, 15) is 14.7 Å². The summed E-state index contributed by atoms with van der Waals surface area (Å²) < 4.78 is 0. The molecular weight excluding hydrogens is 326 g/mol. The molecule has 1 aliphatic heterocycles. The zero-order valence-corrected chi connectivity index (χ0v) is 13.9. The summed E-state index contributed by atoms with van der Waals surface area (Å²) in [6, 6.07) is 3.42. The number of carboxylic acid groups (broad SMARTS) is 1. The minimum Gasteiger partial charge on any atom is -0.480 e. The highest BCUT2D eigenvalue weighted by atomic mass is 32.2. The van der Waals surface area contributed by atoms with Gasteiger partial charge in [-0.1, -0.05) is 6.07 Å². The number of thioether (sulfide) groups is 2. The van der Waals surface area contributed by atoms with E-state index in [4.69, 9.17) is 0 Å². The SMILES string of the molecule is O=C(O)C1CSC(C2CC2)N1C(=O)CSCc1cccs1. The average molecular weight is 343 g/mol. The molecule has 1 saturated carbocycles. The molecule has 2 atom stereocenters. The van der Waals surface area contributed by atoms with Gasteiger partial charge in [0.1, 0.15) is 6.04 Å². The van der Waals surface area contributed by atoms with Gasteiger partial charge in [0.05, 0.1) is 11.1 Å². The first-order chi connectivity index (χ1) is 10.2. The topological polar surface area (TPSA) is 57.6 Å². The largest absolute Gasteiger partial charge is 0.480 e. The van der Waals surface area contributed by atoms with Crippen LogP contribution in [0.3, 0.4) is 0 Å². The van der Waals surface area contributed by atoms with Crippen LogP contribution < -0.4 is 0 Å². The lowest BCUT2D eigenvalue weighted by Gasteiger charge is -2.27. The average Bonchev–Trinajstić information content (AvgIpc) is 3.00. The molecular formula is C14H17NO3S3. The fraction of sp³-hybridized carbons (Fsp3) is 0.571. The molecule has 2 heterocycles. The fourth-order valence-electron chi connectivity index (χ4n) is 2.49. The third kappa shape index (κ3) is 3.57. The summed E-state index contributed by atoms with van der Waals surface area (Å²) in [4.78, 5) is 26.7. The summed E-state index contributed by atoms with van der Waals surface area (Å²) in [6.07, 6.45) is 2.24. The van der Waals surface area contributed by atoms with E-state index in [1.807, 2.05) is 11.4 Å². The highest BCUT2D eigenvalue weighted by molar-refractivity contribution is 8.00. The predicted octanol–water partition coefficient (Wildman–Crippen LogP) is 2.75. The number of carboxylic acids is 1. The molecule has 114 valence electrons. The maximum absolute atomic E-state index is 12.5. The first kappa shape index (κ1) is 15.2. The van der Waals surface area contributed by atoms with E-state index in [0.717, 1.165) is 18.6 Å². The van der Waals surface area contributed by atoms with Gasteiger partial charge in [-0.05, 0) is 30.2 Å². The molecule has 1 saturated heterocycles. The number of hydrogen-bond acceptors (Lipinski definition) is 5. The van der Waals surface area contributed by atoms with Crippen molar-refractivity contribution in [2.45, 2.75) is 30.0 Å². The van der Waals surface area contributed by atoms with Crippen LogP contribution in [0.1, 0.15) is 17.7 Å². The van der Waals surface area contributed by atoms with Crippen LogP contribution in [0.4, 0.5) is 0 Å². The van der Waals surface area contributed by atoms with Crippen molar-refractivity contribution in [1.82, 2.24) is 4.90 Å². The highest BCUT2D eigenvalue weighted by Gasteiger charge is 2.47. The van der Waals surface area contributed by atoms with E-state index in [1.54, 1.807) is 39.8 Å². The quantitative estimate of drug-likeness (QED) is 0.861. The molecule has 2 aliphatic rings. The van der Waals surface area contributed by atoms with Crippen LogP contribution in [0.2, 0.25) is 0 Å². The van der Waals surface area contributed by atoms with Gasteiger partial charge in [-0.3, -0.25) is 4.79 Å². The molecule has 1 amide bonds. The minimum absolute atomic E-state index is 0.0224. The van der Waals surface area contributed by atoms with E-state index >= 15 is 0 Å². The van der Waals surface area contributed by atoms with Crippen molar-refractivity contribution >= 4 is 46.7 Å². The van der Waals surface area contributed by atoms with Crippen molar-refractivity contribution in [1.29, 1.82) is 0 Å². The van der Waals surface area contributed by atoms with E-state index in [2.05, 4.69) is 6.07 Å². The summed E-state index contributed by atoms with van der Waals surface area (Å²) in [5.41, 5.74) is 0. The van der Waals surface area contributed by atoms with Gasteiger partial charge in [-0.25, -0.2) is 4.79 Å². The van der Waals surface area contributed by atoms with E-state index in [0.29, 0.717) is 17.4 Å². The third-order valence-electron chi connectivity index (χ3n) is 3.68. The summed E-state index contributed by atoms with van der Waals surface area (Å²) in [5.74, 6) is 1.32. The van der Waals surface area contributed by atoms with Gasteiger partial charge in [-0.2, -0.15) is 0 Å². The smallest absolute Gasteiger partial charge is 0.327 e. The molecule has 0 aromatic carbocycles. The second kappa shape index (κ2) is 6.62. The summed E-state index contributed by atoms with van der Waals surface area (Å²) in [5, 5.41) is 11.4. The third-order valence-corrected chi connectivity index (χ3v) is 7.17. The Labute approximate surface area is 136 Å². The minimum atomic E-state index is -0.873. The monoisotopic (exact) mass is 343 g/mol. The standard InChI is InChI=1S/C14H17NO3S3/c16-12(8-19-6-10-2-1-5-20-10)15-11(14(17)18)7-21-13(15)9-3-4-9/h1-2,5,9,11,13H,3-4,6-8H2,(H,17,18). The molecule has 1 aliphatic carbocycles. The molecule has 3 rings (SSSR count). The maximum Gasteiger partial charge on any atom is 0.327 e. The van der Waals surface area contributed by atoms with Gasteiger partial charge in [-0.15, -0.1) is 34.9 Å². The van der Waals surface area contributed by atoms with Crippen LogP contribution in [0.25, 0.3) is 0 Å². The maximum atomic E-state index is 12.5. The summed E-state index contributed by atoms with van der Waals surface area (Å²) in [7, 11) is 0. The van der Waals surface area contributed by atoms with Crippen molar-refractivity contribution in [3.05, 3.63) is 22.4 Å². The van der Waals surface area contributed by atoms with Crippen molar-refractivity contribution in [3.8, 4) is 0 Å². The summed E-state index contributed by atoms with van der Waals surface area (Å²) >= 11 is 4.89. The Hall–Kier alpha value is -0.660.